The molecule has 0 saturated heterocycles. The van der Waals surface area contributed by atoms with Crippen molar-refractivity contribution in [3.63, 3.8) is 0 Å². The molecule has 3 N–H and O–H groups in total. The number of rotatable bonds is 12. The first-order valence-corrected chi connectivity index (χ1v) is 14.6. The van der Waals surface area contributed by atoms with Crippen molar-refractivity contribution in [1.82, 2.24) is 5.32 Å². The number of hydrogen-bond acceptors (Lipinski definition) is 6. The Morgan fingerprint density at radius 3 is 2.19 bits per heavy atom. The Morgan fingerprint density at radius 2 is 1.51 bits per heavy atom. The van der Waals surface area contributed by atoms with Gasteiger partial charge < -0.3 is 25.4 Å². The number of hydrogen-bond donors (Lipinski definition) is 3. The van der Waals surface area contributed by atoms with Crippen LogP contribution in [0.15, 0.2) is 114 Å². The van der Waals surface area contributed by atoms with E-state index in [1.807, 2.05) is 38.1 Å². The summed E-state index contributed by atoms with van der Waals surface area (Å²) >= 11 is 1.36. The van der Waals surface area contributed by atoms with E-state index in [-0.39, 0.29) is 11.6 Å². The van der Waals surface area contributed by atoms with Crippen LogP contribution in [0.4, 0.5) is 11.4 Å². The van der Waals surface area contributed by atoms with E-state index in [0.29, 0.717) is 34.9 Å². The number of amides is 3. The van der Waals surface area contributed by atoms with E-state index in [9.17, 15) is 14.4 Å². The minimum absolute atomic E-state index is 0.0696. The summed E-state index contributed by atoms with van der Waals surface area (Å²) in [4.78, 5) is 40.0. The van der Waals surface area contributed by atoms with Crippen molar-refractivity contribution in [2.24, 2.45) is 0 Å². The molecule has 1 unspecified atom stereocenters. The number of methoxy groups -OCH3 is 1. The van der Waals surface area contributed by atoms with Gasteiger partial charge in [0.1, 0.15) is 17.2 Å². The average molecular weight is 596 g/mol. The van der Waals surface area contributed by atoms with Crippen molar-refractivity contribution in [2.75, 3.05) is 24.4 Å². The van der Waals surface area contributed by atoms with Gasteiger partial charge in [-0.05, 0) is 92.2 Å². The first-order chi connectivity index (χ1) is 20.8. The van der Waals surface area contributed by atoms with Gasteiger partial charge in [-0.25, -0.2) is 0 Å². The Bertz CT molecular complexity index is 1570. The lowest BCUT2D eigenvalue weighted by atomic mass is 10.1. The molecule has 220 valence electrons. The molecule has 0 bridgehead atoms. The maximum absolute atomic E-state index is 13.4. The van der Waals surface area contributed by atoms with Crippen LogP contribution in [-0.2, 0) is 9.59 Å². The molecular formula is C34H33N3O5S. The van der Waals surface area contributed by atoms with E-state index in [1.54, 1.807) is 92.0 Å². The minimum Gasteiger partial charge on any atom is -0.497 e. The molecule has 1 atom stereocenters. The van der Waals surface area contributed by atoms with E-state index in [2.05, 4.69) is 16.0 Å². The van der Waals surface area contributed by atoms with Crippen LogP contribution in [0.2, 0.25) is 0 Å². The van der Waals surface area contributed by atoms with Crippen LogP contribution in [0.25, 0.3) is 6.08 Å². The van der Waals surface area contributed by atoms with Crippen molar-refractivity contribution < 1.29 is 23.9 Å². The number of benzene rings is 4. The maximum Gasteiger partial charge on any atom is 0.272 e. The molecular weight excluding hydrogens is 562 g/mol. The molecule has 0 aromatic heterocycles. The number of carbonyl (C=O) groups excluding carboxylic acids is 3. The molecule has 3 amide bonds. The molecule has 0 aliphatic heterocycles. The van der Waals surface area contributed by atoms with Crippen LogP contribution in [0.1, 0.15) is 29.8 Å². The van der Waals surface area contributed by atoms with Gasteiger partial charge in [0.25, 0.3) is 11.8 Å². The number of anilines is 2. The summed E-state index contributed by atoms with van der Waals surface area (Å²) in [5, 5.41) is 8.11. The standard InChI is InChI=1S/C34H33N3O5S/c1-4-42-29-19-15-26(16-20-29)35-32(38)23(2)43-30-12-8-11-27(22-30)36-34(40)31(21-24-13-17-28(41-3)18-14-24)37-33(39)25-9-6-5-7-10-25/h5-23H,4H2,1-3H3,(H,35,38)(H,36,40)(H,37,39)/b31-21+. The highest BCUT2D eigenvalue weighted by molar-refractivity contribution is 8.00. The molecule has 0 aliphatic carbocycles. The second kappa shape index (κ2) is 15.3. The molecule has 43 heavy (non-hydrogen) atoms. The molecule has 0 heterocycles. The van der Waals surface area contributed by atoms with Crippen molar-refractivity contribution in [1.29, 1.82) is 0 Å². The normalized spacial score (nSPS) is 11.7. The Balaban J connectivity index is 1.45. The Labute approximate surface area is 255 Å². The highest BCUT2D eigenvalue weighted by atomic mass is 32.2. The average Bonchev–Trinajstić information content (AvgIpc) is 3.02. The number of carbonyl (C=O) groups is 3. The van der Waals surface area contributed by atoms with Crippen molar-refractivity contribution in [2.45, 2.75) is 24.0 Å². The van der Waals surface area contributed by atoms with E-state index in [1.165, 1.54) is 11.8 Å². The quantitative estimate of drug-likeness (QED) is 0.126. The van der Waals surface area contributed by atoms with E-state index < -0.39 is 17.1 Å². The molecule has 4 rings (SSSR count). The second-order valence-electron chi connectivity index (χ2n) is 9.34. The number of ether oxygens (including phenoxy) is 2. The molecule has 0 aliphatic rings. The van der Waals surface area contributed by atoms with Crippen molar-refractivity contribution in [3.8, 4) is 11.5 Å². The Kier molecular flexibility index (Phi) is 11.0. The van der Waals surface area contributed by atoms with Crippen molar-refractivity contribution >= 4 is 46.9 Å². The summed E-state index contributed by atoms with van der Waals surface area (Å²) in [5.41, 5.74) is 2.39. The third-order valence-electron chi connectivity index (χ3n) is 6.16. The second-order valence-corrected chi connectivity index (χ2v) is 10.8. The molecule has 8 nitrogen and oxygen atoms in total. The molecule has 0 fully saturated rings. The lowest BCUT2D eigenvalue weighted by Gasteiger charge is -2.14. The Hall–Kier alpha value is -5.02. The highest BCUT2D eigenvalue weighted by Gasteiger charge is 2.17. The predicted octanol–water partition coefficient (Wildman–Crippen LogP) is 6.62. The molecule has 0 radical (unpaired) electrons. The monoisotopic (exact) mass is 595 g/mol. The molecule has 4 aromatic rings. The SMILES string of the molecule is CCOc1ccc(NC(=O)C(C)Sc2cccc(NC(=O)/C(=C\c3ccc(OC)cc3)NC(=O)c3ccccc3)c2)cc1. The van der Waals surface area contributed by atoms with Gasteiger partial charge in [-0.3, -0.25) is 14.4 Å². The van der Waals surface area contributed by atoms with Crippen LogP contribution >= 0.6 is 11.8 Å². The largest absolute Gasteiger partial charge is 0.497 e. The minimum atomic E-state index is -0.497. The van der Waals surface area contributed by atoms with Crippen molar-refractivity contribution in [3.05, 3.63) is 120 Å². The van der Waals surface area contributed by atoms with E-state index in [0.717, 1.165) is 10.6 Å². The summed E-state index contributed by atoms with van der Waals surface area (Å²) < 4.78 is 10.7. The first kappa shape index (κ1) is 30.9. The number of nitrogens with one attached hydrogen (secondary N) is 3. The van der Waals surface area contributed by atoms with Gasteiger partial charge in [0.05, 0.1) is 19.0 Å². The molecule has 4 aromatic carbocycles. The Morgan fingerprint density at radius 1 is 0.814 bits per heavy atom. The van der Waals surface area contributed by atoms with Crippen LogP contribution in [0.3, 0.4) is 0 Å². The summed E-state index contributed by atoms with van der Waals surface area (Å²) in [6.07, 6.45) is 1.60. The first-order valence-electron chi connectivity index (χ1n) is 13.7. The third-order valence-corrected chi connectivity index (χ3v) is 7.26. The van der Waals surface area contributed by atoms with Gasteiger partial charge in [-0.15, -0.1) is 11.8 Å². The van der Waals surface area contributed by atoms with Crippen LogP contribution in [0, 0.1) is 0 Å². The zero-order chi connectivity index (χ0) is 30.6. The lowest BCUT2D eigenvalue weighted by Crippen LogP contribution is -2.30. The smallest absolute Gasteiger partial charge is 0.272 e. The van der Waals surface area contributed by atoms with Gasteiger partial charge >= 0.3 is 0 Å². The van der Waals surface area contributed by atoms with Gasteiger partial charge in [-0.1, -0.05) is 36.4 Å². The molecule has 9 heteroatoms. The van der Waals surface area contributed by atoms with Crippen LogP contribution in [-0.4, -0.2) is 36.7 Å². The fourth-order valence-corrected chi connectivity index (χ4v) is 4.88. The maximum atomic E-state index is 13.4. The summed E-state index contributed by atoms with van der Waals surface area (Å²) in [5.74, 6) is 0.351. The molecule has 0 spiro atoms. The lowest BCUT2D eigenvalue weighted by molar-refractivity contribution is -0.115. The van der Waals surface area contributed by atoms with Gasteiger partial charge in [0, 0.05) is 21.8 Å². The summed E-state index contributed by atoms with van der Waals surface area (Å²) in [6.45, 7) is 4.30. The van der Waals surface area contributed by atoms with Gasteiger partial charge in [0.2, 0.25) is 5.91 Å². The van der Waals surface area contributed by atoms with Gasteiger partial charge in [-0.2, -0.15) is 0 Å². The number of thioether (sulfide) groups is 1. The van der Waals surface area contributed by atoms with Gasteiger partial charge in [0.15, 0.2) is 0 Å². The zero-order valence-electron chi connectivity index (χ0n) is 24.1. The summed E-state index contributed by atoms with van der Waals surface area (Å²) in [6, 6.07) is 30.2. The topological polar surface area (TPSA) is 106 Å². The molecule has 0 saturated carbocycles. The fourth-order valence-electron chi connectivity index (χ4n) is 3.96. The van der Waals surface area contributed by atoms with Crippen LogP contribution < -0.4 is 25.4 Å². The summed E-state index contributed by atoms with van der Waals surface area (Å²) in [7, 11) is 1.57. The van der Waals surface area contributed by atoms with E-state index >= 15 is 0 Å². The fraction of sp³-hybridized carbons (Fsp3) is 0.147. The highest BCUT2D eigenvalue weighted by Crippen LogP contribution is 2.27. The predicted molar refractivity (Wildman–Crippen MR) is 172 cm³/mol. The van der Waals surface area contributed by atoms with Crippen LogP contribution in [0.5, 0.6) is 11.5 Å². The van der Waals surface area contributed by atoms with E-state index in [4.69, 9.17) is 9.47 Å². The third kappa shape index (κ3) is 9.24. The zero-order valence-corrected chi connectivity index (χ0v) is 24.9.